The lowest BCUT2D eigenvalue weighted by molar-refractivity contribution is -0.132. The average molecular weight is 396 g/mol. The average Bonchev–Trinajstić information content (AvgIpc) is 3.10. The lowest BCUT2D eigenvalue weighted by Crippen LogP contribution is -2.37. The highest BCUT2D eigenvalue weighted by Crippen LogP contribution is 2.35. The van der Waals surface area contributed by atoms with Gasteiger partial charge in [0.2, 0.25) is 0 Å². The van der Waals surface area contributed by atoms with Crippen LogP contribution in [0.3, 0.4) is 0 Å². The molecule has 0 radical (unpaired) electrons. The zero-order valence-electron chi connectivity index (χ0n) is 16.4. The zero-order chi connectivity index (χ0) is 19.1. The molecule has 1 aliphatic heterocycles. The van der Waals surface area contributed by atoms with E-state index < -0.39 is 0 Å². The first-order chi connectivity index (χ1) is 12.0. The van der Waals surface area contributed by atoms with E-state index in [1.807, 2.05) is 6.20 Å². The maximum atomic E-state index is 6.36. The summed E-state index contributed by atoms with van der Waals surface area (Å²) in [6.07, 6.45) is 2.53. The molecule has 1 unspecified atom stereocenters. The molecule has 2 aromatic heterocycles. The van der Waals surface area contributed by atoms with Crippen LogP contribution in [-0.4, -0.2) is 34.6 Å². The third-order valence-electron chi connectivity index (χ3n) is 4.22. The highest BCUT2D eigenvalue weighted by molar-refractivity contribution is 7.71. The van der Waals surface area contributed by atoms with Crippen LogP contribution in [0, 0.1) is 4.64 Å². The molecule has 26 heavy (non-hydrogen) atoms. The Morgan fingerprint density at radius 3 is 2.58 bits per heavy atom. The number of nitrogens with zero attached hydrogens (tertiary/aromatic N) is 1. The number of thiophene rings is 1. The molecule has 3 heterocycles. The van der Waals surface area contributed by atoms with Gasteiger partial charge in [-0.3, -0.25) is 0 Å². The fraction of sp³-hybridized carbons (Fsp3) is 0.650. The predicted molar refractivity (Wildman–Crippen MR) is 110 cm³/mol. The molecule has 144 valence electrons. The summed E-state index contributed by atoms with van der Waals surface area (Å²) < 4.78 is 22.7. The Morgan fingerprint density at radius 2 is 1.92 bits per heavy atom. The molecular weight excluding hydrogens is 366 g/mol. The molecule has 6 heteroatoms. The third kappa shape index (κ3) is 4.73. The van der Waals surface area contributed by atoms with Gasteiger partial charge in [-0.2, -0.15) is 0 Å². The highest BCUT2D eigenvalue weighted by atomic mass is 32.1. The second-order valence-electron chi connectivity index (χ2n) is 8.79. The minimum atomic E-state index is -0.234. The number of hydrogen-bond donors (Lipinski definition) is 0. The van der Waals surface area contributed by atoms with E-state index in [9.17, 15) is 0 Å². The fourth-order valence-corrected chi connectivity index (χ4v) is 4.40. The van der Waals surface area contributed by atoms with E-state index in [4.69, 9.17) is 26.4 Å². The van der Waals surface area contributed by atoms with Crippen LogP contribution in [0.4, 0.5) is 0 Å². The highest BCUT2D eigenvalue weighted by Gasteiger charge is 2.40. The number of hydrogen-bond acceptors (Lipinski definition) is 5. The van der Waals surface area contributed by atoms with Gasteiger partial charge in [-0.05, 0) is 64.4 Å². The van der Waals surface area contributed by atoms with Crippen molar-refractivity contribution in [3.63, 3.8) is 0 Å². The fourth-order valence-electron chi connectivity index (χ4n) is 3.13. The number of fused-ring (bicyclic) bond motifs is 1. The van der Waals surface area contributed by atoms with Crippen molar-refractivity contribution in [3.05, 3.63) is 28.4 Å². The van der Waals surface area contributed by atoms with Crippen molar-refractivity contribution < 1.29 is 14.2 Å². The van der Waals surface area contributed by atoms with Crippen LogP contribution in [0.5, 0.6) is 0 Å². The van der Waals surface area contributed by atoms with Crippen LogP contribution in [0.1, 0.15) is 54.2 Å². The Bertz CT molecular complexity index is 813. The largest absolute Gasteiger partial charge is 0.373 e. The van der Waals surface area contributed by atoms with Gasteiger partial charge in [0.1, 0.15) is 17.0 Å². The summed E-state index contributed by atoms with van der Waals surface area (Å²) in [5, 5.41) is 3.26. The van der Waals surface area contributed by atoms with E-state index in [0.717, 1.165) is 15.8 Å². The Kier molecular flexibility index (Phi) is 5.62. The van der Waals surface area contributed by atoms with Crippen molar-refractivity contribution in [2.75, 3.05) is 6.61 Å². The molecule has 0 aliphatic carbocycles. The molecule has 1 fully saturated rings. The molecule has 0 bridgehead atoms. The molecule has 1 saturated heterocycles. The van der Waals surface area contributed by atoms with Crippen LogP contribution in [0.25, 0.3) is 10.1 Å². The number of pyridine rings is 1. The summed E-state index contributed by atoms with van der Waals surface area (Å²) in [6.45, 7) is 12.9. The van der Waals surface area contributed by atoms with Gasteiger partial charge in [-0.15, -0.1) is 11.3 Å². The summed E-state index contributed by atoms with van der Waals surface area (Å²) in [6, 6.07) is 4.20. The van der Waals surface area contributed by atoms with Gasteiger partial charge in [0.25, 0.3) is 0 Å². The molecule has 0 spiro atoms. The van der Waals surface area contributed by atoms with Gasteiger partial charge < -0.3 is 18.8 Å². The first kappa shape index (κ1) is 20.0. The Hall–Kier alpha value is -0.790. The van der Waals surface area contributed by atoms with Gasteiger partial charge in [-0.25, -0.2) is 0 Å². The molecule has 0 amide bonds. The van der Waals surface area contributed by atoms with Crippen LogP contribution < -0.4 is 0 Å². The summed E-state index contributed by atoms with van der Waals surface area (Å²) in [7, 11) is 0. The van der Waals surface area contributed by atoms with Crippen molar-refractivity contribution in [3.8, 4) is 0 Å². The van der Waals surface area contributed by atoms with Crippen LogP contribution >= 0.6 is 23.6 Å². The second kappa shape index (κ2) is 7.32. The van der Waals surface area contributed by atoms with Crippen molar-refractivity contribution >= 4 is 33.6 Å². The van der Waals surface area contributed by atoms with Gasteiger partial charge in [0.15, 0.2) is 0 Å². The van der Waals surface area contributed by atoms with Crippen molar-refractivity contribution in [2.24, 2.45) is 0 Å². The topological polar surface area (TPSA) is 32.6 Å². The van der Waals surface area contributed by atoms with E-state index in [0.29, 0.717) is 6.61 Å². The Balaban J connectivity index is 1.84. The molecule has 2 aromatic rings. The minimum Gasteiger partial charge on any atom is -0.373 e. The van der Waals surface area contributed by atoms with E-state index in [1.165, 1.54) is 5.39 Å². The van der Waals surface area contributed by atoms with Gasteiger partial charge >= 0.3 is 0 Å². The normalized spacial score (nSPS) is 24.5. The minimum absolute atomic E-state index is 0.0247. The molecule has 0 saturated carbocycles. The van der Waals surface area contributed by atoms with Gasteiger partial charge in [-0.1, -0.05) is 12.2 Å². The summed E-state index contributed by atoms with van der Waals surface area (Å²) >= 11 is 7.39. The number of aromatic nitrogens is 1. The molecule has 3 rings (SSSR count). The molecule has 3 atom stereocenters. The van der Waals surface area contributed by atoms with Gasteiger partial charge in [0, 0.05) is 12.6 Å². The lowest BCUT2D eigenvalue weighted by Gasteiger charge is -2.29. The maximum absolute atomic E-state index is 6.36. The summed E-state index contributed by atoms with van der Waals surface area (Å²) in [5.41, 5.74) is -0.442. The SMILES string of the molecule is CC(C)(C)OC[C@H]1O[C@H](n2ccc3ccsc3c2=S)CC1OC(C)(C)C. The Morgan fingerprint density at radius 1 is 1.19 bits per heavy atom. The zero-order valence-corrected chi connectivity index (χ0v) is 18.1. The summed E-state index contributed by atoms with van der Waals surface area (Å²) in [4.78, 5) is 0. The van der Waals surface area contributed by atoms with E-state index >= 15 is 0 Å². The van der Waals surface area contributed by atoms with Crippen LogP contribution in [-0.2, 0) is 14.2 Å². The smallest absolute Gasteiger partial charge is 0.137 e. The number of rotatable bonds is 4. The van der Waals surface area contributed by atoms with Crippen LogP contribution in [0.15, 0.2) is 23.7 Å². The molecule has 0 N–H and O–H groups in total. The number of ether oxygens (including phenoxy) is 3. The molecule has 0 aromatic carbocycles. The summed E-state index contributed by atoms with van der Waals surface area (Å²) in [5.74, 6) is 0. The standard InChI is InChI=1S/C20H29NO3S2/c1-19(2,3)22-12-15-14(24-20(4,5)6)11-16(23-15)21-9-7-13-8-10-26-17(13)18(21)25/h7-10,14-16H,11-12H2,1-6H3/t14?,15-,16+/m1/s1. The molecule has 1 aliphatic rings. The predicted octanol–water partition coefficient (Wildman–Crippen LogP) is 5.72. The van der Waals surface area contributed by atoms with Crippen molar-refractivity contribution in [2.45, 2.75) is 77.6 Å². The molecular formula is C20H29NO3S2. The molecule has 4 nitrogen and oxygen atoms in total. The lowest BCUT2D eigenvalue weighted by atomic mass is 10.1. The van der Waals surface area contributed by atoms with E-state index in [1.54, 1.807) is 11.3 Å². The van der Waals surface area contributed by atoms with Gasteiger partial charge in [0.05, 0.1) is 28.6 Å². The first-order valence-electron chi connectivity index (χ1n) is 9.09. The first-order valence-corrected chi connectivity index (χ1v) is 10.4. The monoisotopic (exact) mass is 395 g/mol. The van der Waals surface area contributed by atoms with Crippen molar-refractivity contribution in [1.29, 1.82) is 0 Å². The third-order valence-corrected chi connectivity index (χ3v) is 5.70. The van der Waals surface area contributed by atoms with Crippen LogP contribution in [0.2, 0.25) is 0 Å². The second-order valence-corrected chi connectivity index (χ2v) is 10.1. The van der Waals surface area contributed by atoms with E-state index in [2.05, 4.69) is 63.6 Å². The maximum Gasteiger partial charge on any atom is 0.137 e. The Labute approximate surface area is 165 Å². The van der Waals surface area contributed by atoms with E-state index in [-0.39, 0.29) is 29.6 Å². The van der Waals surface area contributed by atoms with Crippen molar-refractivity contribution in [1.82, 2.24) is 4.57 Å². The quantitative estimate of drug-likeness (QED) is 0.620.